The van der Waals surface area contributed by atoms with Crippen molar-refractivity contribution in [2.24, 2.45) is 0 Å². The highest BCUT2D eigenvalue weighted by Crippen LogP contribution is 2.27. The molecule has 1 amide bonds. The molecule has 0 atom stereocenters. The van der Waals surface area contributed by atoms with Gasteiger partial charge in [-0.05, 0) is 43.3 Å². The van der Waals surface area contributed by atoms with E-state index >= 15 is 0 Å². The van der Waals surface area contributed by atoms with Gasteiger partial charge in [0.15, 0.2) is 5.69 Å². The van der Waals surface area contributed by atoms with Crippen molar-refractivity contribution in [3.8, 4) is 16.9 Å². The van der Waals surface area contributed by atoms with Gasteiger partial charge in [0.2, 0.25) is 5.91 Å². The van der Waals surface area contributed by atoms with Crippen molar-refractivity contribution in [2.75, 3.05) is 37.7 Å². The normalized spacial score (nSPS) is 13.8. The maximum Gasteiger partial charge on any atom is 0.358 e. The van der Waals surface area contributed by atoms with Crippen molar-refractivity contribution in [1.82, 2.24) is 14.7 Å². The van der Waals surface area contributed by atoms with Crippen LogP contribution in [0.4, 0.5) is 10.1 Å². The van der Waals surface area contributed by atoms with E-state index in [0.717, 1.165) is 24.3 Å². The summed E-state index contributed by atoms with van der Waals surface area (Å²) >= 11 is 0. The lowest BCUT2D eigenvalue weighted by atomic mass is 10.1. The predicted octanol–water partition coefficient (Wildman–Crippen LogP) is 3.52. The van der Waals surface area contributed by atoms with Crippen molar-refractivity contribution in [3.63, 3.8) is 0 Å². The van der Waals surface area contributed by atoms with Crippen LogP contribution < -0.4 is 4.90 Å². The first-order valence-electron chi connectivity index (χ1n) is 10.6. The Labute approximate surface area is 186 Å². The highest BCUT2D eigenvalue weighted by Gasteiger charge is 2.20. The Hall–Kier alpha value is -3.68. The summed E-state index contributed by atoms with van der Waals surface area (Å²) in [6, 6.07) is 15.6. The Morgan fingerprint density at radius 2 is 1.72 bits per heavy atom. The molecule has 0 unspecified atom stereocenters. The average Bonchev–Trinajstić information content (AvgIpc) is 3.25. The van der Waals surface area contributed by atoms with Crippen LogP contribution in [0.5, 0.6) is 0 Å². The summed E-state index contributed by atoms with van der Waals surface area (Å²) in [6.07, 6.45) is 0. The van der Waals surface area contributed by atoms with Crippen LogP contribution in [0.2, 0.25) is 0 Å². The maximum absolute atomic E-state index is 13.8. The Bertz CT molecular complexity index is 1120. The van der Waals surface area contributed by atoms with Gasteiger partial charge in [0.25, 0.3) is 0 Å². The third-order valence-corrected chi connectivity index (χ3v) is 5.50. The van der Waals surface area contributed by atoms with Gasteiger partial charge in [-0.15, -0.1) is 0 Å². The molecule has 0 spiro atoms. The standard InChI is InChI=1S/C24H25FN4O3/c1-3-32-24(31)22-16-23(29(26-22)21-6-4-5-19(25)15-21)18-7-9-20(10-8-18)28-13-11-27(12-14-28)17(2)30/h4-10,15-16H,3,11-14H2,1-2H3. The molecule has 7 nitrogen and oxygen atoms in total. The number of hydrogen-bond acceptors (Lipinski definition) is 5. The summed E-state index contributed by atoms with van der Waals surface area (Å²) in [7, 11) is 0. The first kappa shape index (κ1) is 21.5. The van der Waals surface area contributed by atoms with Crippen LogP contribution in [0.15, 0.2) is 54.6 Å². The van der Waals surface area contributed by atoms with Gasteiger partial charge in [-0.25, -0.2) is 13.9 Å². The van der Waals surface area contributed by atoms with Gasteiger partial charge in [-0.1, -0.05) is 18.2 Å². The summed E-state index contributed by atoms with van der Waals surface area (Å²) in [6.45, 7) is 6.51. The smallest absolute Gasteiger partial charge is 0.358 e. The highest BCUT2D eigenvalue weighted by atomic mass is 19.1. The lowest BCUT2D eigenvalue weighted by molar-refractivity contribution is -0.129. The Balaban J connectivity index is 1.64. The Morgan fingerprint density at radius 3 is 2.34 bits per heavy atom. The van der Waals surface area contributed by atoms with Crippen molar-refractivity contribution in [1.29, 1.82) is 0 Å². The van der Waals surface area contributed by atoms with Crippen LogP contribution in [-0.4, -0.2) is 59.3 Å². The number of rotatable bonds is 5. The molecule has 32 heavy (non-hydrogen) atoms. The van der Waals surface area contributed by atoms with E-state index in [-0.39, 0.29) is 24.0 Å². The number of nitrogens with zero attached hydrogens (tertiary/aromatic N) is 4. The lowest BCUT2D eigenvalue weighted by Gasteiger charge is -2.35. The molecule has 1 aliphatic rings. The molecule has 0 bridgehead atoms. The molecule has 1 aliphatic heterocycles. The summed E-state index contributed by atoms with van der Waals surface area (Å²) in [5.41, 5.74) is 3.23. The van der Waals surface area contributed by atoms with Crippen molar-refractivity contribution in [3.05, 3.63) is 66.1 Å². The molecule has 1 saturated heterocycles. The second-order valence-electron chi connectivity index (χ2n) is 7.57. The fourth-order valence-electron chi connectivity index (χ4n) is 3.82. The molecule has 0 N–H and O–H groups in total. The number of carbonyl (C=O) groups excluding carboxylic acids is 2. The van der Waals surface area contributed by atoms with Gasteiger partial charge in [0, 0.05) is 44.4 Å². The summed E-state index contributed by atoms with van der Waals surface area (Å²) in [5, 5.41) is 4.38. The van der Waals surface area contributed by atoms with Gasteiger partial charge in [-0.3, -0.25) is 4.79 Å². The monoisotopic (exact) mass is 436 g/mol. The van der Waals surface area contributed by atoms with Crippen molar-refractivity contribution >= 4 is 17.6 Å². The van der Waals surface area contributed by atoms with Crippen LogP contribution in [-0.2, 0) is 9.53 Å². The second-order valence-corrected chi connectivity index (χ2v) is 7.57. The topological polar surface area (TPSA) is 67.7 Å². The molecule has 0 radical (unpaired) electrons. The number of hydrogen-bond donors (Lipinski definition) is 0. The first-order valence-corrected chi connectivity index (χ1v) is 10.6. The number of aromatic nitrogens is 2. The lowest BCUT2D eigenvalue weighted by Crippen LogP contribution is -2.48. The molecule has 2 aromatic carbocycles. The second kappa shape index (κ2) is 9.21. The zero-order valence-corrected chi connectivity index (χ0v) is 18.1. The van der Waals surface area contributed by atoms with Gasteiger partial charge in [0.1, 0.15) is 5.82 Å². The number of piperazine rings is 1. The third-order valence-electron chi connectivity index (χ3n) is 5.50. The van der Waals surface area contributed by atoms with Crippen LogP contribution in [0, 0.1) is 5.82 Å². The van der Waals surface area contributed by atoms with E-state index < -0.39 is 5.97 Å². The van der Waals surface area contributed by atoms with E-state index in [1.54, 1.807) is 36.7 Å². The predicted molar refractivity (Wildman–Crippen MR) is 119 cm³/mol. The zero-order valence-electron chi connectivity index (χ0n) is 18.1. The Kier molecular flexibility index (Phi) is 6.20. The van der Waals surface area contributed by atoms with Crippen LogP contribution in [0.1, 0.15) is 24.3 Å². The van der Waals surface area contributed by atoms with E-state index in [4.69, 9.17) is 4.74 Å². The molecular formula is C24H25FN4O3. The molecule has 2 heterocycles. The maximum atomic E-state index is 13.8. The van der Waals surface area contributed by atoms with Gasteiger partial charge >= 0.3 is 5.97 Å². The molecule has 8 heteroatoms. The molecule has 0 aliphatic carbocycles. The number of halogens is 1. The molecule has 1 aromatic heterocycles. The van der Waals surface area contributed by atoms with E-state index in [0.29, 0.717) is 24.5 Å². The largest absolute Gasteiger partial charge is 0.461 e. The van der Waals surface area contributed by atoms with Crippen LogP contribution >= 0.6 is 0 Å². The van der Waals surface area contributed by atoms with E-state index in [2.05, 4.69) is 10.00 Å². The van der Waals surface area contributed by atoms with Crippen LogP contribution in [0.25, 0.3) is 16.9 Å². The number of anilines is 1. The first-order chi connectivity index (χ1) is 15.5. The summed E-state index contributed by atoms with van der Waals surface area (Å²) in [4.78, 5) is 27.9. The van der Waals surface area contributed by atoms with Crippen molar-refractivity contribution < 1.29 is 18.7 Å². The fraction of sp³-hybridized carbons (Fsp3) is 0.292. The quantitative estimate of drug-likeness (QED) is 0.573. The van der Waals surface area contributed by atoms with E-state index in [1.807, 2.05) is 29.2 Å². The van der Waals surface area contributed by atoms with Gasteiger partial charge < -0.3 is 14.5 Å². The van der Waals surface area contributed by atoms with Crippen LogP contribution in [0.3, 0.4) is 0 Å². The number of ether oxygens (including phenoxy) is 1. The van der Waals surface area contributed by atoms with E-state index in [9.17, 15) is 14.0 Å². The number of benzene rings is 2. The minimum Gasteiger partial charge on any atom is -0.461 e. The molecule has 0 saturated carbocycles. The average molecular weight is 436 g/mol. The molecular weight excluding hydrogens is 411 g/mol. The third kappa shape index (κ3) is 4.49. The SMILES string of the molecule is CCOC(=O)c1cc(-c2ccc(N3CCN(C(C)=O)CC3)cc2)n(-c2cccc(F)c2)n1. The van der Waals surface area contributed by atoms with Gasteiger partial charge in [-0.2, -0.15) is 5.10 Å². The number of esters is 1. The fourth-order valence-corrected chi connectivity index (χ4v) is 3.82. The minimum absolute atomic E-state index is 0.100. The number of amides is 1. The summed E-state index contributed by atoms with van der Waals surface area (Å²) < 4.78 is 20.5. The number of carbonyl (C=O) groups is 2. The summed E-state index contributed by atoms with van der Waals surface area (Å²) in [5.74, 6) is -0.812. The highest BCUT2D eigenvalue weighted by molar-refractivity contribution is 5.89. The van der Waals surface area contributed by atoms with Crippen molar-refractivity contribution in [2.45, 2.75) is 13.8 Å². The van der Waals surface area contributed by atoms with Gasteiger partial charge in [0.05, 0.1) is 18.0 Å². The molecule has 166 valence electrons. The van der Waals surface area contributed by atoms with E-state index in [1.165, 1.54) is 12.1 Å². The minimum atomic E-state index is -0.524. The zero-order chi connectivity index (χ0) is 22.7. The Morgan fingerprint density at radius 1 is 1.00 bits per heavy atom. The molecule has 4 rings (SSSR count). The molecule has 1 fully saturated rings. The molecule has 3 aromatic rings.